The lowest BCUT2D eigenvalue weighted by molar-refractivity contribution is 0.0947. The van der Waals surface area contributed by atoms with E-state index in [9.17, 15) is 9.18 Å². The molecule has 7 heteroatoms. The van der Waals surface area contributed by atoms with Crippen molar-refractivity contribution in [3.63, 3.8) is 0 Å². The molecule has 0 bridgehead atoms. The minimum atomic E-state index is -0.263. The van der Waals surface area contributed by atoms with Gasteiger partial charge in [0.25, 0.3) is 5.91 Å². The van der Waals surface area contributed by atoms with Gasteiger partial charge in [-0.25, -0.2) is 9.37 Å². The lowest BCUT2D eigenvalue weighted by Crippen LogP contribution is -2.23. The Bertz CT molecular complexity index is 1130. The molecule has 0 saturated carbocycles. The van der Waals surface area contributed by atoms with Crippen LogP contribution in [0.15, 0.2) is 90.3 Å². The highest BCUT2D eigenvalue weighted by Crippen LogP contribution is 2.24. The quantitative estimate of drug-likeness (QED) is 0.411. The third-order valence-electron chi connectivity index (χ3n) is 4.68. The van der Waals surface area contributed by atoms with Crippen LogP contribution in [0.5, 0.6) is 0 Å². The molecule has 2 aromatic carbocycles. The Morgan fingerprint density at radius 2 is 1.68 bits per heavy atom. The molecule has 4 aromatic rings. The molecule has 0 aliphatic rings. The lowest BCUT2D eigenvalue weighted by atomic mass is 10.1. The molecule has 0 unspecified atom stereocenters. The van der Waals surface area contributed by atoms with Crippen LogP contribution in [0.2, 0.25) is 0 Å². The number of nitrogens with one attached hydrogen (secondary N) is 1. The van der Waals surface area contributed by atoms with Crippen molar-refractivity contribution >= 4 is 17.7 Å². The molecule has 156 valence electrons. The van der Waals surface area contributed by atoms with Crippen LogP contribution in [-0.2, 0) is 18.8 Å². The standard InChI is InChI=1S/C24H21FN4OS/c25-21-10-8-20(9-11-21)17-31-24-22(3-1-12-26-24)23(30)27-15-18-4-6-19(7-5-18)16-29-14-2-13-28-29/h1-14H,15-17H2,(H,27,30). The first kappa shape index (κ1) is 20.8. The normalized spacial score (nSPS) is 10.7. The van der Waals surface area contributed by atoms with Gasteiger partial charge >= 0.3 is 0 Å². The van der Waals surface area contributed by atoms with Crippen molar-refractivity contribution in [2.75, 3.05) is 0 Å². The topological polar surface area (TPSA) is 59.8 Å². The van der Waals surface area contributed by atoms with Gasteiger partial charge in [0.2, 0.25) is 0 Å². The number of hydrogen-bond acceptors (Lipinski definition) is 4. The van der Waals surface area contributed by atoms with Gasteiger partial charge in [-0.15, -0.1) is 11.8 Å². The summed E-state index contributed by atoms with van der Waals surface area (Å²) < 4.78 is 14.9. The van der Waals surface area contributed by atoms with Gasteiger partial charge in [0.1, 0.15) is 10.8 Å². The first-order valence-electron chi connectivity index (χ1n) is 9.83. The van der Waals surface area contributed by atoms with E-state index in [0.29, 0.717) is 29.4 Å². The zero-order valence-corrected chi connectivity index (χ0v) is 17.6. The Kier molecular flexibility index (Phi) is 6.74. The molecular weight excluding hydrogens is 411 g/mol. The van der Waals surface area contributed by atoms with E-state index < -0.39 is 0 Å². The summed E-state index contributed by atoms with van der Waals surface area (Å²) in [4.78, 5) is 17.1. The average molecular weight is 433 g/mol. The Balaban J connectivity index is 1.34. The highest BCUT2D eigenvalue weighted by molar-refractivity contribution is 7.98. The number of aromatic nitrogens is 3. The molecule has 31 heavy (non-hydrogen) atoms. The van der Waals surface area contributed by atoms with Crippen molar-refractivity contribution in [3.8, 4) is 0 Å². The van der Waals surface area contributed by atoms with Gasteiger partial charge in [-0.1, -0.05) is 36.4 Å². The minimum Gasteiger partial charge on any atom is -0.348 e. The number of amides is 1. The summed E-state index contributed by atoms with van der Waals surface area (Å²) >= 11 is 1.46. The van der Waals surface area contributed by atoms with Crippen LogP contribution in [0.4, 0.5) is 4.39 Å². The number of nitrogens with zero attached hydrogens (tertiary/aromatic N) is 3. The first-order valence-corrected chi connectivity index (χ1v) is 10.8. The minimum absolute atomic E-state index is 0.171. The molecule has 0 aliphatic carbocycles. The Morgan fingerprint density at radius 1 is 0.935 bits per heavy atom. The molecular formula is C24H21FN4OS. The molecule has 2 aromatic heterocycles. The predicted octanol–water partition coefficient (Wildman–Crippen LogP) is 4.69. The van der Waals surface area contributed by atoms with E-state index in [2.05, 4.69) is 15.4 Å². The van der Waals surface area contributed by atoms with Crippen LogP contribution in [-0.4, -0.2) is 20.7 Å². The molecule has 0 aliphatic heterocycles. The largest absolute Gasteiger partial charge is 0.348 e. The van der Waals surface area contributed by atoms with E-state index >= 15 is 0 Å². The molecule has 0 atom stereocenters. The molecule has 0 fully saturated rings. The van der Waals surface area contributed by atoms with Crippen LogP contribution < -0.4 is 5.32 Å². The van der Waals surface area contributed by atoms with Gasteiger partial charge in [-0.3, -0.25) is 9.48 Å². The van der Waals surface area contributed by atoms with Crippen LogP contribution in [0, 0.1) is 5.82 Å². The number of thioether (sulfide) groups is 1. The number of hydrogen-bond donors (Lipinski definition) is 1. The van der Waals surface area contributed by atoms with Crippen LogP contribution >= 0.6 is 11.8 Å². The van der Waals surface area contributed by atoms with E-state index in [4.69, 9.17) is 0 Å². The Hall–Kier alpha value is -3.45. The maximum Gasteiger partial charge on any atom is 0.254 e. The smallest absolute Gasteiger partial charge is 0.254 e. The summed E-state index contributed by atoms with van der Waals surface area (Å²) in [6, 6.07) is 19.8. The van der Waals surface area contributed by atoms with E-state index in [1.54, 1.807) is 36.7 Å². The maximum atomic E-state index is 13.1. The number of rotatable bonds is 8. The number of pyridine rings is 1. The zero-order valence-electron chi connectivity index (χ0n) is 16.7. The summed E-state index contributed by atoms with van der Waals surface area (Å²) in [6.07, 6.45) is 5.35. The molecule has 5 nitrogen and oxygen atoms in total. The van der Waals surface area contributed by atoms with Crippen molar-refractivity contribution in [1.82, 2.24) is 20.1 Å². The number of carbonyl (C=O) groups is 1. The van der Waals surface area contributed by atoms with Crippen molar-refractivity contribution in [3.05, 3.63) is 113 Å². The number of benzene rings is 2. The fraction of sp³-hybridized carbons (Fsp3) is 0.125. The second kappa shape index (κ2) is 10.0. The van der Waals surface area contributed by atoms with Crippen molar-refractivity contribution in [1.29, 1.82) is 0 Å². The third kappa shape index (κ3) is 5.79. The number of carbonyl (C=O) groups excluding carboxylic acids is 1. The van der Waals surface area contributed by atoms with Crippen LogP contribution in [0.3, 0.4) is 0 Å². The molecule has 1 N–H and O–H groups in total. The van der Waals surface area contributed by atoms with Gasteiger partial charge in [0.15, 0.2) is 0 Å². The predicted molar refractivity (Wildman–Crippen MR) is 119 cm³/mol. The van der Waals surface area contributed by atoms with E-state index in [1.807, 2.05) is 41.2 Å². The highest BCUT2D eigenvalue weighted by Gasteiger charge is 2.13. The average Bonchev–Trinajstić information content (AvgIpc) is 3.31. The summed E-state index contributed by atoms with van der Waals surface area (Å²) in [6.45, 7) is 1.14. The lowest BCUT2D eigenvalue weighted by Gasteiger charge is -2.10. The molecule has 4 rings (SSSR count). The number of halogens is 1. The van der Waals surface area contributed by atoms with E-state index in [0.717, 1.165) is 16.7 Å². The Morgan fingerprint density at radius 3 is 2.42 bits per heavy atom. The molecule has 0 spiro atoms. The molecule has 0 radical (unpaired) electrons. The fourth-order valence-corrected chi connectivity index (χ4v) is 3.98. The van der Waals surface area contributed by atoms with E-state index in [-0.39, 0.29) is 11.7 Å². The second-order valence-electron chi connectivity index (χ2n) is 6.97. The monoisotopic (exact) mass is 432 g/mol. The first-order chi connectivity index (χ1) is 15.2. The van der Waals surface area contributed by atoms with Gasteiger partial charge in [0, 0.05) is 30.9 Å². The van der Waals surface area contributed by atoms with Gasteiger partial charge in [-0.05, 0) is 47.0 Å². The maximum absolute atomic E-state index is 13.1. The fourth-order valence-electron chi connectivity index (χ4n) is 3.03. The summed E-state index contributed by atoms with van der Waals surface area (Å²) in [5.74, 6) is 0.173. The van der Waals surface area contributed by atoms with Crippen LogP contribution in [0.1, 0.15) is 27.0 Å². The SMILES string of the molecule is O=C(NCc1ccc(Cn2cccn2)cc1)c1cccnc1SCc1ccc(F)cc1. The van der Waals surface area contributed by atoms with Gasteiger partial charge in [-0.2, -0.15) is 5.10 Å². The summed E-state index contributed by atoms with van der Waals surface area (Å²) in [5.41, 5.74) is 3.66. The summed E-state index contributed by atoms with van der Waals surface area (Å²) in [5, 5.41) is 7.83. The highest BCUT2D eigenvalue weighted by atomic mass is 32.2. The Labute approximate surface area is 184 Å². The van der Waals surface area contributed by atoms with Crippen molar-refractivity contribution in [2.24, 2.45) is 0 Å². The van der Waals surface area contributed by atoms with E-state index in [1.165, 1.54) is 23.9 Å². The van der Waals surface area contributed by atoms with Crippen molar-refractivity contribution < 1.29 is 9.18 Å². The second-order valence-corrected chi connectivity index (χ2v) is 7.94. The molecule has 2 heterocycles. The van der Waals surface area contributed by atoms with Gasteiger partial charge in [0.05, 0.1) is 12.1 Å². The summed E-state index contributed by atoms with van der Waals surface area (Å²) in [7, 11) is 0. The zero-order chi connectivity index (χ0) is 21.5. The molecule has 0 saturated heterocycles. The van der Waals surface area contributed by atoms with Crippen LogP contribution in [0.25, 0.3) is 0 Å². The van der Waals surface area contributed by atoms with Gasteiger partial charge < -0.3 is 5.32 Å². The third-order valence-corrected chi connectivity index (χ3v) is 5.76. The van der Waals surface area contributed by atoms with Crippen molar-refractivity contribution in [2.45, 2.75) is 23.9 Å². The molecule has 1 amide bonds.